The molecule has 0 aromatic heterocycles. The molecule has 4 heteroatoms. The third-order valence-electron chi connectivity index (χ3n) is 2.01. The average Bonchev–Trinajstić information content (AvgIpc) is 2.25. The topological polar surface area (TPSA) is 61.1 Å². The smallest absolute Gasteiger partial charge is 0.303 e. The zero-order valence-electron chi connectivity index (χ0n) is 8.36. The molecule has 3 nitrogen and oxygen atoms in total. The second-order valence-electron chi connectivity index (χ2n) is 3.04. The van der Waals surface area contributed by atoms with E-state index >= 15 is 0 Å². The van der Waals surface area contributed by atoms with E-state index in [4.69, 9.17) is 10.4 Å². The summed E-state index contributed by atoms with van der Waals surface area (Å²) in [5, 5.41) is 17.4. The molecule has 0 aliphatic rings. The maximum Gasteiger partial charge on any atom is 0.303 e. The van der Waals surface area contributed by atoms with Crippen molar-refractivity contribution in [3.63, 3.8) is 0 Å². The Balaban J connectivity index is 2.85. The van der Waals surface area contributed by atoms with Crippen LogP contribution in [-0.4, -0.2) is 17.3 Å². The van der Waals surface area contributed by atoms with E-state index in [0.29, 0.717) is 12.0 Å². The van der Waals surface area contributed by atoms with E-state index < -0.39 is 5.97 Å². The quantitative estimate of drug-likeness (QED) is 0.792. The summed E-state index contributed by atoms with van der Waals surface area (Å²) >= 11 is 1.51. The Hall–Kier alpha value is -1.47. The van der Waals surface area contributed by atoms with Crippen molar-refractivity contribution < 1.29 is 9.90 Å². The highest BCUT2D eigenvalue weighted by Gasteiger charge is 2.04. The molecule has 0 spiro atoms. The minimum Gasteiger partial charge on any atom is -0.481 e. The van der Waals surface area contributed by atoms with Crippen LogP contribution in [0.4, 0.5) is 0 Å². The summed E-state index contributed by atoms with van der Waals surface area (Å²) < 4.78 is 0. The van der Waals surface area contributed by atoms with Crippen LogP contribution in [0.25, 0.3) is 0 Å². The molecule has 0 amide bonds. The third kappa shape index (κ3) is 3.30. The van der Waals surface area contributed by atoms with Crippen LogP contribution in [0.15, 0.2) is 23.1 Å². The van der Waals surface area contributed by atoms with Crippen LogP contribution in [0, 0.1) is 11.3 Å². The fourth-order valence-corrected chi connectivity index (χ4v) is 1.78. The Bertz CT molecular complexity index is 410. The highest BCUT2D eigenvalue weighted by Crippen LogP contribution is 2.21. The van der Waals surface area contributed by atoms with Gasteiger partial charge in [0, 0.05) is 11.3 Å². The van der Waals surface area contributed by atoms with Gasteiger partial charge in [-0.15, -0.1) is 11.8 Å². The molecule has 1 aromatic rings. The lowest BCUT2D eigenvalue weighted by molar-refractivity contribution is -0.136. The molecule has 0 heterocycles. The number of carboxylic acids is 1. The van der Waals surface area contributed by atoms with Crippen molar-refractivity contribution in [2.45, 2.75) is 17.7 Å². The average molecular weight is 221 g/mol. The number of carbonyl (C=O) groups is 1. The van der Waals surface area contributed by atoms with Gasteiger partial charge in [0.05, 0.1) is 5.56 Å². The second-order valence-corrected chi connectivity index (χ2v) is 3.89. The first-order valence-corrected chi connectivity index (χ1v) is 5.68. The molecule has 0 aliphatic heterocycles. The zero-order valence-corrected chi connectivity index (χ0v) is 9.17. The number of benzene rings is 1. The van der Waals surface area contributed by atoms with Gasteiger partial charge >= 0.3 is 5.97 Å². The summed E-state index contributed by atoms with van der Waals surface area (Å²) in [7, 11) is 0. The molecular formula is C11H11NO2S. The van der Waals surface area contributed by atoms with Gasteiger partial charge in [-0.1, -0.05) is 6.07 Å². The lowest BCUT2D eigenvalue weighted by atomic mass is 10.1. The molecule has 78 valence electrons. The number of aliphatic carboxylic acids is 1. The summed E-state index contributed by atoms with van der Waals surface area (Å²) in [5.74, 6) is -0.817. The van der Waals surface area contributed by atoms with Crippen molar-refractivity contribution in [3.8, 4) is 6.07 Å². The van der Waals surface area contributed by atoms with Gasteiger partial charge in [0.25, 0.3) is 0 Å². The van der Waals surface area contributed by atoms with E-state index in [1.807, 2.05) is 18.4 Å². The minimum atomic E-state index is -0.817. The molecule has 1 N–H and O–H groups in total. The first-order valence-electron chi connectivity index (χ1n) is 4.46. The SMILES string of the molecule is CSc1ccc(CCC(=O)O)cc1C#N. The van der Waals surface area contributed by atoms with Gasteiger partial charge < -0.3 is 5.11 Å². The van der Waals surface area contributed by atoms with Crippen LogP contribution in [0.3, 0.4) is 0 Å². The highest BCUT2D eigenvalue weighted by atomic mass is 32.2. The summed E-state index contributed by atoms with van der Waals surface area (Å²) in [5.41, 5.74) is 1.51. The number of hydrogen-bond acceptors (Lipinski definition) is 3. The van der Waals surface area contributed by atoms with Crippen molar-refractivity contribution in [2.75, 3.05) is 6.26 Å². The van der Waals surface area contributed by atoms with Gasteiger partial charge in [0.1, 0.15) is 6.07 Å². The maximum absolute atomic E-state index is 10.4. The molecule has 15 heavy (non-hydrogen) atoms. The second kappa shape index (κ2) is 5.42. The van der Waals surface area contributed by atoms with Gasteiger partial charge in [-0.2, -0.15) is 5.26 Å². The molecule has 0 unspecified atom stereocenters. The van der Waals surface area contributed by atoms with Gasteiger partial charge in [-0.05, 0) is 30.4 Å². The first-order chi connectivity index (χ1) is 7.17. The molecule has 0 atom stereocenters. The van der Waals surface area contributed by atoms with E-state index in [2.05, 4.69) is 6.07 Å². The lowest BCUT2D eigenvalue weighted by Gasteiger charge is -2.03. The van der Waals surface area contributed by atoms with E-state index in [1.165, 1.54) is 11.8 Å². The van der Waals surface area contributed by atoms with Crippen LogP contribution >= 0.6 is 11.8 Å². The molecule has 0 fully saturated rings. The Morgan fingerprint density at radius 1 is 1.60 bits per heavy atom. The summed E-state index contributed by atoms with van der Waals surface area (Å²) in [6, 6.07) is 7.60. The lowest BCUT2D eigenvalue weighted by Crippen LogP contribution is -1.97. The van der Waals surface area contributed by atoms with Crippen LogP contribution in [-0.2, 0) is 11.2 Å². The van der Waals surface area contributed by atoms with E-state index in [1.54, 1.807) is 6.07 Å². The fourth-order valence-electron chi connectivity index (χ4n) is 1.25. The van der Waals surface area contributed by atoms with Gasteiger partial charge in [-0.25, -0.2) is 0 Å². The maximum atomic E-state index is 10.4. The third-order valence-corrected chi connectivity index (χ3v) is 2.81. The van der Waals surface area contributed by atoms with Crippen molar-refractivity contribution in [1.82, 2.24) is 0 Å². The van der Waals surface area contributed by atoms with Gasteiger partial charge in [0.15, 0.2) is 0 Å². The number of rotatable bonds is 4. The van der Waals surface area contributed by atoms with E-state index in [0.717, 1.165) is 10.5 Å². The molecule has 0 aliphatic carbocycles. The minimum absolute atomic E-state index is 0.101. The first kappa shape index (κ1) is 11.6. The number of nitriles is 1. The number of nitrogens with zero attached hydrogens (tertiary/aromatic N) is 1. The van der Waals surface area contributed by atoms with Crippen molar-refractivity contribution in [3.05, 3.63) is 29.3 Å². The summed E-state index contributed by atoms with van der Waals surface area (Å²) in [6.07, 6.45) is 2.48. The van der Waals surface area contributed by atoms with Crippen LogP contribution < -0.4 is 0 Å². The number of aryl methyl sites for hydroxylation is 1. The summed E-state index contributed by atoms with van der Waals surface area (Å²) in [4.78, 5) is 11.3. The number of hydrogen-bond donors (Lipinski definition) is 1. The molecule has 0 bridgehead atoms. The molecule has 0 saturated heterocycles. The van der Waals surface area contributed by atoms with Crippen LogP contribution in [0.5, 0.6) is 0 Å². The van der Waals surface area contributed by atoms with Gasteiger partial charge in [0.2, 0.25) is 0 Å². The highest BCUT2D eigenvalue weighted by molar-refractivity contribution is 7.98. The fraction of sp³-hybridized carbons (Fsp3) is 0.273. The number of thioether (sulfide) groups is 1. The molecule has 1 aromatic carbocycles. The Labute approximate surface area is 92.7 Å². The molecule has 1 rings (SSSR count). The standard InChI is InChI=1S/C11H11NO2S/c1-15-10-4-2-8(3-5-11(13)14)6-9(10)7-12/h2,4,6H,3,5H2,1H3,(H,13,14). The molecular weight excluding hydrogens is 210 g/mol. The van der Waals surface area contributed by atoms with Crippen molar-refractivity contribution in [2.24, 2.45) is 0 Å². The normalized spacial score (nSPS) is 9.60. The Morgan fingerprint density at radius 3 is 2.87 bits per heavy atom. The predicted octanol–water partition coefficient (Wildman–Crippen LogP) is 2.30. The largest absolute Gasteiger partial charge is 0.481 e. The summed E-state index contributed by atoms with van der Waals surface area (Å²) in [6.45, 7) is 0. The Morgan fingerprint density at radius 2 is 2.33 bits per heavy atom. The van der Waals surface area contributed by atoms with Gasteiger partial charge in [-0.3, -0.25) is 4.79 Å². The van der Waals surface area contributed by atoms with Crippen LogP contribution in [0.1, 0.15) is 17.5 Å². The molecule has 0 saturated carbocycles. The van der Waals surface area contributed by atoms with E-state index in [-0.39, 0.29) is 6.42 Å². The number of carboxylic acid groups (broad SMARTS) is 1. The Kier molecular flexibility index (Phi) is 4.19. The van der Waals surface area contributed by atoms with E-state index in [9.17, 15) is 4.79 Å². The molecule has 0 radical (unpaired) electrons. The zero-order chi connectivity index (χ0) is 11.3. The monoisotopic (exact) mass is 221 g/mol. The van der Waals surface area contributed by atoms with Crippen molar-refractivity contribution in [1.29, 1.82) is 5.26 Å². The predicted molar refractivity (Wildman–Crippen MR) is 58.9 cm³/mol. The van der Waals surface area contributed by atoms with Crippen molar-refractivity contribution >= 4 is 17.7 Å². The van der Waals surface area contributed by atoms with Crippen LogP contribution in [0.2, 0.25) is 0 Å².